The standard InChI is InChI=1S/C12H11BrO3/c13-9-2-1-3-10(6-9)15-8-12-5-4-11(7-14)16-12/h1-6,14H,7-8H2. The first-order valence-electron chi connectivity index (χ1n) is 4.85. The fraction of sp³-hybridized carbons (Fsp3) is 0.167. The van der Waals surface area contributed by atoms with Crippen molar-refractivity contribution >= 4 is 15.9 Å². The van der Waals surface area contributed by atoms with Crippen LogP contribution in [0.25, 0.3) is 0 Å². The van der Waals surface area contributed by atoms with Crippen LogP contribution in [0.1, 0.15) is 11.5 Å². The van der Waals surface area contributed by atoms with Crippen molar-refractivity contribution in [2.75, 3.05) is 0 Å². The first-order chi connectivity index (χ1) is 7.78. The van der Waals surface area contributed by atoms with Gasteiger partial charge in [0.2, 0.25) is 0 Å². The normalized spacial score (nSPS) is 10.4. The van der Waals surface area contributed by atoms with Crippen LogP contribution in [0, 0.1) is 0 Å². The number of benzene rings is 1. The summed E-state index contributed by atoms with van der Waals surface area (Å²) in [5.74, 6) is 2.02. The first-order valence-corrected chi connectivity index (χ1v) is 5.64. The predicted octanol–water partition coefficient (Wildman–Crippen LogP) is 3.11. The lowest BCUT2D eigenvalue weighted by atomic mass is 10.3. The van der Waals surface area contributed by atoms with Gasteiger partial charge in [0.05, 0.1) is 0 Å². The second-order valence-electron chi connectivity index (χ2n) is 3.27. The van der Waals surface area contributed by atoms with E-state index in [0.29, 0.717) is 18.1 Å². The zero-order valence-electron chi connectivity index (χ0n) is 8.52. The van der Waals surface area contributed by atoms with E-state index in [-0.39, 0.29) is 6.61 Å². The molecule has 0 aliphatic rings. The third-order valence-corrected chi connectivity index (χ3v) is 2.54. The number of ether oxygens (including phenoxy) is 1. The highest BCUT2D eigenvalue weighted by atomic mass is 79.9. The molecule has 0 saturated carbocycles. The molecule has 0 amide bonds. The number of hydrogen-bond donors (Lipinski definition) is 1. The summed E-state index contributed by atoms with van der Waals surface area (Å²) < 4.78 is 11.8. The van der Waals surface area contributed by atoms with Gasteiger partial charge in [-0.3, -0.25) is 0 Å². The molecular weight excluding hydrogens is 272 g/mol. The molecule has 4 heteroatoms. The van der Waals surface area contributed by atoms with E-state index in [0.717, 1.165) is 10.2 Å². The Balaban J connectivity index is 1.96. The molecule has 1 heterocycles. The minimum Gasteiger partial charge on any atom is -0.486 e. The van der Waals surface area contributed by atoms with E-state index in [1.54, 1.807) is 12.1 Å². The van der Waals surface area contributed by atoms with Crippen molar-refractivity contribution in [2.45, 2.75) is 13.2 Å². The zero-order chi connectivity index (χ0) is 11.4. The van der Waals surface area contributed by atoms with Crippen molar-refractivity contribution in [3.8, 4) is 5.75 Å². The summed E-state index contributed by atoms with van der Waals surface area (Å²) in [6.07, 6.45) is 0. The Bertz CT molecular complexity index is 465. The first kappa shape index (κ1) is 11.2. The van der Waals surface area contributed by atoms with Crippen molar-refractivity contribution in [2.24, 2.45) is 0 Å². The van der Waals surface area contributed by atoms with Crippen molar-refractivity contribution < 1.29 is 14.3 Å². The lowest BCUT2D eigenvalue weighted by Gasteiger charge is -2.04. The van der Waals surface area contributed by atoms with Crippen molar-refractivity contribution in [1.29, 1.82) is 0 Å². The van der Waals surface area contributed by atoms with Crippen molar-refractivity contribution in [3.05, 3.63) is 52.4 Å². The van der Waals surface area contributed by atoms with E-state index < -0.39 is 0 Å². The van der Waals surface area contributed by atoms with Gasteiger partial charge in [0.25, 0.3) is 0 Å². The van der Waals surface area contributed by atoms with Crippen LogP contribution < -0.4 is 4.74 Å². The molecule has 0 bridgehead atoms. The maximum absolute atomic E-state index is 8.83. The molecule has 2 aromatic rings. The Hall–Kier alpha value is -1.26. The molecule has 0 saturated heterocycles. The van der Waals surface area contributed by atoms with Gasteiger partial charge in [-0.15, -0.1) is 0 Å². The van der Waals surface area contributed by atoms with E-state index >= 15 is 0 Å². The molecule has 0 unspecified atom stereocenters. The largest absolute Gasteiger partial charge is 0.486 e. The lowest BCUT2D eigenvalue weighted by Crippen LogP contribution is -1.93. The topological polar surface area (TPSA) is 42.6 Å². The summed E-state index contributed by atoms with van der Waals surface area (Å²) in [4.78, 5) is 0. The fourth-order valence-electron chi connectivity index (χ4n) is 1.30. The van der Waals surface area contributed by atoms with Crippen LogP contribution in [-0.2, 0) is 13.2 Å². The third-order valence-electron chi connectivity index (χ3n) is 2.05. The number of hydrogen-bond acceptors (Lipinski definition) is 3. The molecule has 0 atom stereocenters. The predicted molar refractivity (Wildman–Crippen MR) is 63.1 cm³/mol. The number of halogens is 1. The highest BCUT2D eigenvalue weighted by Crippen LogP contribution is 2.19. The molecule has 84 valence electrons. The van der Waals surface area contributed by atoms with Gasteiger partial charge in [-0.2, -0.15) is 0 Å². The van der Waals surface area contributed by atoms with Crippen LogP contribution in [0.3, 0.4) is 0 Å². The Kier molecular flexibility index (Phi) is 3.64. The van der Waals surface area contributed by atoms with Gasteiger partial charge >= 0.3 is 0 Å². The molecule has 1 aromatic carbocycles. The molecule has 1 aromatic heterocycles. The monoisotopic (exact) mass is 282 g/mol. The molecule has 16 heavy (non-hydrogen) atoms. The van der Waals surface area contributed by atoms with Crippen molar-refractivity contribution in [1.82, 2.24) is 0 Å². The quantitative estimate of drug-likeness (QED) is 0.937. The molecule has 2 rings (SSSR count). The summed E-state index contributed by atoms with van der Waals surface area (Å²) in [5, 5.41) is 8.83. The summed E-state index contributed by atoms with van der Waals surface area (Å²) in [6.45, 7) is 0.271. The molecule has 3 nitrogen and oxygen atoms in total. The molecule has 0 aliphatic heterocycles. The van der Waals surface area contributed by atoms with Gasteiger partial charge in [0, 0.05) is 4.47 Å². The average molecular weight is 283 g/mol. The van der Waals surface area contributed by atoms with Crippen LogP contribution in [0.2, 0.25) is 0 Å². The molecular formula is C12H11BrO3. The number of aliphatic hydroxyl groups excluding tert-OH is 1. The molecule has 0 spiro atoms. The van der Waals surface area contributed by atoms with E-state index in [2.05, 4.69) is 15.9 Å². The summed E-state index contributed by atoms with van der Waals surface area (Å²) in [6, 6.07) is 11.1. The van der Waals surface area contributed by atoms with Gasteiger partial charge in [-0.1, -0.05) is 22.0 Å². The van der Waals surface area contributed by atoms with Gasteiger partial charge < -0.3 is 14.3 Å². The smallest absolute Gasteiger partial charge is 0.146 e. The van der Waals surface area contributed by atoms with Gasteiger partial charge in [0.15, 0.2) is 0 Å². The second kappa shape index (κ2) is 5.18. The number of furan rings is 1. The van der Waals surface area contributed by atoms with Gasteiger partial charge in [0.1, 0.15) is 30.5 Å². The second-order valence-corrected chi connectivity index (χ2v) is 4.19. The summed E-state index contributed by atoms with van der Waals surface area (Å²) in [5.41, 5.74) is 0. The average Bonchev–Trinajstić information content (AvgIpc) is 2.74. The Morgan fingerprint density at radius 2 is 2.00 bits per heavy atom. The summed E-state index contributed by atoms with van der Waals surface area (Å²) in [7, 11) is 0. The Labute approximate surface area is 102 Å². The summed E-state index contributed by atoms with van der Waals surface area (Å²) >= 11 is 3.37. The molecule has 0 aliphatic carbocycles. The number of rotatable bonds is 4. The van der Waals surface area contributed by atoms with Crippen LogP contribution in [0.4, 0.5) is 0 Å². The lowest BCUT2D eigenvalue weighted by molar-refractivity contribution is 0.225. The van der Waals surface area contributed by atoms with Crippen LogP contribution in [0.5, 0.6) is 5.75 Å². The highest BCUT2D eigenvalue weighted by molar-refractivity contribution is 9.10. The van der Waals surface area contributed by atoms with E-state index in [4.69, 9.17) is 14.3 Å². The highest BCUT2D eigenvalue weighted by Gasteiger charge is 2.02. The molecule has 0 radical (unpaired) electrons. The van der Waals surface area contributed by atoms with Crippen LogP contribution >= 0.6 is 15.9 Å². The van der Waals surface area contributed by atoms with Gasteiger partial charge in [-0.25, -0.2) is 0 Å². The zero-order valence-corrected chi connectivity index (χ0v) is 10.1. The van der Waals surface area contributed by atoms with Gasteiger partial charge in [-0.05, 0) is 30.3 Å². The maximum Gasteiger partial charge on any atom is 0.146 e. The Morgan fingerprint density at radius 3 is 2.69 bits per heavy atom. The minimum absolute atomic E-state index is 0.0864. The molecule has 0 fully saturated rings. The van der Waals surface area contributed by atoms with E-state index in [1.807, 2.05) is 24.3 Å². The van der Waals surface area contributed by atoms with E-state index in [9.17, 15) is 0 Å². The Morgan fingerprint density at radius 1 is 1.19 bits per heavy atom. The number of aliphatic hydroxyl groups is 1. The van der Waals surface area contributed by atoms with Crippen LogP contribution in [0.15, 0.2) is 45.3 Å². The fourth-order valence-corrected chi connectivity index (χ4v) is 1.67. The van der Waals surface area contributed by atoms with Crippen LogP contribution in [-0.4, -0.2) is 5.11 Å². The van der Waals surface area contributed by atoms with E-state index in [1.165, 1.54) is 0 Å². The maximum atomic E-state index is 8.83. The minimum atomic E-state index is -0.0864. The SMILES string of the molecule is OCc1ccc(COc2cccc(Br)c2)o1. The molecule has 1 N–H and O–H groups in total. The third kappa shape index (κ3) is 2.87. The van der Waals surface area contributed by atoms with Crippen molar-refractivity contribution in [3.63, 3.8) is 0 Å².